The molecular formula is C20H16F2O. The molecule has 0 aliphatic heterocycles. The third-order valence-electron chi connectivity index (χ3n) is 3.65. The molecule has 23 heavy (non-hydrogen) atoms. The third kappa shape index (κ3) is 3.57. The molecule has 116 valence electrons. The molecule has 0 aliphatic rings. The van der Waals surface area contributed by atoms with Crippen LogP contribution < -0.4 is 4.74 Å². The van der Waals surface area contributed by atoms with Crippen LogP contribution in [-0.4, -0.2) is 6.61 Å². The highest BCUT2D eigenvalue weighted by molar-refractivity contribution is 5.84. The Hall–Kier alpha value is -2.68. The fourth-order valence-corrected chi connectivity index (χ4v) is 2.58. The van der Waals surface area contributed by atoms with Crippen molar-refractivity contribution in [2.24, 2.45) is 0 Å². The predicted molar refractivity (Wildman–Crippen MR) is 88.7 cm³/mol. The van der Waals surface area contributed by atoms with E-state index in [0.717, 1.165) is 22.3 Å². The molecule has 0 spiro atoms. The Kier molecular flexibility index (Phi) is 4.38. The van der Waals surface area contributed by atoms with Crippen molar-refractivity contribution in [3.05, 3.63) is 78.4 Å². The molecule has 0 bridgehead atoms. The van der Waals surface area contributed by atoms with E-state index in [-0.39, 0.29) is 5.75 Å². The monoisotopic (exact) mass is 310 g/mol. The topological polar surface area (TPSA) is 9.23 Å². The van der Waals surface area contributed by atoms with Gasteiger partial charge >= 0.3 is 6.61 Å². The summed E-state index contributed by atoms with van der Waals surface area (Å²) >= 11 is 0. The fraction of sp³-hybridized carbons (Fsp3) is 0.100. The number of rotatable bonds is 4. The minimum absolute atomic E-state index is 0.164. The van der Waals surface area contributed by atoms with Crippen LogP contribution in [0.15, 0.2) is 72.8 Å². The zero-order valence-corrected chi connectivity index (χ0v) is 12.7. The van der Waals surface area contributed by atoms with E-state index in [4.69, 9.17) is 0 Å². The zero-order valence-electron chi connectivity index (χ0n) is 12.7. The fourth-order valence-electron chi connectivity index (χ4n) is 2.58. The maximum Gasteiger partial charge on any atom is 0.387 e. The first-order valence-electron chi connectivity index (χ1n) is 7.35. The standard InChI is InChI=1S/C20H16F2O/c1-14-7-12-18(19(13-14)15-5-3-2-4-6-15)16-8-10-17(11-9-16)23-20(21)22/h2-13,20H,1H3. The first-order valence-corrected chi connectivity index (χ1v) is 7.35. The summed E-state index contributed by atoms with van der Waals surface area (Å²) in [5.74, 6) is 0.164. The molecule has 0 amide bonds. The van der Waals surface area contributed by atoms with Gasteiger partial charge in [0.25, 0.3) is 0 Å². The van der Waals surface area contributed by atoms with Gasteiger partial charge in [-0.15, -0.1) is 0 Å². The van der Waals surface area contributed by atoms with E-state index in [1.807, 2.05) is 24.3 Å². The van der Waals surface area contributed by atoms with E-state index in [1.165, 1.54) is 5.56 Å². The van der Waals surface area contributed by atoms with Gasteiger partial charge in [-0.05, 0) is 41.3 Å². The van der Waals surface area contributed by atoms with Crippen LogP contribution >= 0.6 is 0 Å². The van der Waals surface area contributed by atoms with Gasteiger partial charge in [-0.2, -0.15) is 8.78 Å². The Labute approximate surface area is 134 Å². The first-order chi connectivity index (χ1) is 11.1. The summed E-state index contributed by atoms with van der Waals surface area (Å²) in [6.45, 7) is -0.754. The molecule has 3 aromatic rings. The molecule has 0 radical (unpaired) electrons. The Bertz CT molecular complexity index is 780. The van der Waals surface area contributed by atoms with Crippen LogP contribution in [0.4, 0.5) is 8.78 Å². The highest BCUT2D eigenvalue weighted by Gasteiger charge is 2.09. The van der Waals surface area contributed by atoms with Gasteiger partial charge in [-0.1, -0.05) is 66.2 Å². The minimum atomic E-state index is -2.81. The van der Waals surface area contributed by atoms with Crippen LogP contribution in [0.1, 0.15) is 5.56 Å². The quantitative estimate of drug-likeness (QED) is 0.580. The van der Waals surface area contributed by atoms with Crippen molar-refractivity contribution in [1.82, 2.24) is 0 Å². The Balaban J connectivity index is 2.03. The summed E-state index contributed by atoms with van der Waals surface area (Å²) < 4.78 is 28.9. The van der Waals surface area contributed by atoms with Crippen molar-refractivity contribution in [3.63, 3.8) is 0 Å². The van der Waals surface area contributed by atoms with Crippen LogP contribution in [0.3, 0.4) is 0 Å². The number of hydrogen-bond acceptors (Lipinski definition) is 1. The van der Waals surface area contributed by atoms with Crippen molar-refractivity contribution in [1.29, 1.82) is 0 Å². The van der Waals surface area contributed by atoms with Crippen LogP contribution in [0.25, 0.3) is 22.3 Å². The molecule has 0 aromatic heterocycles. The normalized spacial score (nSPS) is 10.8. The van der Waals surface area contributed by atoms with Gasteiger partial charge < -0.3 is 4.74 Å². The number of ether oxygens (including phenoxy) is 1. The van der Waals surface area contributed by atoms with Crippen molar-refractivity contribution in [2.75, 3.05) is 0 Å². The van der Waals surface area contributed by atoms with Crippen LogP contribution in [0.5, 0.6) is 5.75 Å². The second-order valence-electron chi connectivity index (χ2n) is 5.32. The van der Waals surface area contributed by atoms with E-state index >= 15 is 0 Å². The molecule has 0 saturated heterocycles. The molecule has 0 saturated carbocycles. The molecule has 3 aromatic carbocycles. The van der Waals surface area contributed by atoms with E-state index in [1.54, 1.807) is 24.3 Å². The predicted octanol–water partition coefficient (Wildman–Crippen LogP) is 5.93. The summed E-state index contributed by atoms with van der Waals surface area (Å²) in [7, 11) is 0. The van der Waals surface area contributed by atoms with Crippen molar-refractivity contribution in [3.8, 4) is 28.0 Å². The summed E-state index contributed by atoms with van der Waals surface area (Å²) in [5, 5.41) is 0. The third-order valence-corrected chi connectivity index (χ3v) is 3.65. The molecule has 3 heteroatoms. The Morgan fingerprint density at radius 1 is 0.739 bits per heavy atom. The van der Waals surface area contributed by atoms with E-state index in [0.29, 0.717) is 0 Å². The van der Waals surface area contributed by atoms with Crippen molar-refractivity contribution < 1.29 is 13.5 Å². The van der Waals surface area contributed by atoms with Gasteiger partial charge in [0, 0.05) is 0 Å². The first kappa shape index (κ1) is 15.2. The molecule has 1 nitrogen and oxygen atoms in total. The molecule has 0 unspecified atom stereocenters. The lowest BCUT2D eigenvalue weighted by Crippen LogP contribution is -2.01. The number of alkyl halides is 2. The average Bonchev–Trinajstić information content (AvgIpc) is 2.56. The van der Waals surface area contributed by atoms with Gasteiger partial charge in [-0.25, -0.2) is 0 Å². The Morgan fingerprint density at radius 2 is 1.39 bits per heavy atom. The summed E-state index contributed by atoms with van der Waals surface area (Å²) in [4.78, 5) is 0. The summed E-state index contributed by atoms with van der Waals surface area (Å²) in [5.41, 5.74) is 5.44. The van der Waals surface area contributed by atoms with Crippen LogP contribution in [0, 0.1) is 6.92 Å². The largest absolute Gasteiger partial charge is 0.435 e. The smallest absolute Gasteiger partial charge is 0.387 e. The van der Waals surface area contributed by atoms with Crippen molar-refractivity contribution >= 4 is 0 Å². The lowest BCUT2D eigenvalue weighted by atomic mass is 9.93. The molecule has 0 fully saturated rings. The molecule has 0 atom stereocenters. The number of halogens is 2. The lowest BCUT2D eigenvalue weighted by Gasteiger charge is -2.12. The average molecular weight is 310 g/mol. The van der Waals surface area contributed by atoms with Gasteiger partial charge in [0.2, 0.25) is 0 Å². The molecular weight excluding hydrogens is 294 g/mol. The highest BCUT2D eigenvalue weighted by atomic mass is 19.3. The minimum Gasteiger partial charge on any atom is -0.435 e. The van der Waals surface area contributed by atoms with E-state index < -0.39 is 6.61 Å². The number of benzene rings is 3. The second-order valence-corrected chi connectivity index (χ2v) is 5.32. The van der Waals surface area contributed by atoms with E-state index in [9.17, 15) is 8.78 Å². The van der Waals surface area contributed by atoms with Gasteiger partial charge in [0.1, 0.15) is 5.75 Å². The highest BCUT2D eigenvalue weighted by Crippen LogP contribution is 2.33. The van der Waals surface area contributed by atoms with Crippen molar-refractivity contribution in [2.45, 2.75) is 13.5 Å². The SMILES string of the molecule is Cc1ccc(-c2ccc(OC(F)F)cc2)c(-c2ccccc2)c1. The summed E-state index contributed by atoms with van der Waals surface area (Å²) in [6, 6.07) is 23.1. The van der Waals surface area contributed by atoms with Gasteiger partial charge in [-0.3, -0.25) is 0 Å². The van der Waals surface area contributed by atoms with Crippen LogP contribution in [0.2, 0.25) is 0 Å². The van der Waals surface area contributed by atoms with E-state index in [2.05, 4.69) is 35.9 Å². The number of hydrogen-bond donors (Lipinski definition) is 0. The maximum atomic E-state index is 12.3. The number of aryl methyl sites for hydroxylation is 1. The maximum absolute atomic E-state index is 12.3. The second kappa shape index (κ2) is 6.61. The van der Waals surface area contributed by atoms with Crippen LogP contribution in [-0.2, 0) is 0 Å². The van der Waals surface area contributed by atoms with Gasteiger partial charge in [0.15, 0.2) is 0 Å². The van der Waals surface area contributed by atoms with Gasteiger partial charge in [0.05, 0.1) is 0 Å². The lowest BCUT2D eigenvalue weighted by molar-refractivity contribution is -0.0498. The molecule has 0 N–H and O–H groups in total. The molecule has 0 aliphatic carbocycles. The summed E-state index contributed by atoms with van der Waals surface area (Å²) in [6.07, 6.45) is 0. The zero-order chi connectivity index (χ0) is 16.2. The molecule has 3 rings (SSSR count). The Morgan fingerprint density at radius 3 is 2.04 bits per heavy atom. The molecule has 0 heterocycles.